The molecule has 240 valence electrons. The van der Waals surface area contributed by atoms with E-state index in [1.165, 1.54) is 6.08 Å². The summed E-state index contributed by atoms with van der Waals surface area (Å²) in [6.45, 7) is 3.89. The molecule has 3 heterocycles. The molecule has 16 nitrogen and oxygen atoms in total. The number of hydrogen-bond acceptors (Lipinski definition) is 16. The molecule has 0 radical (unpaired) electrons. The zero-order valence-corrected chi connectivity index (χ0v) is 22.7. The molecule has 10 N–H and O–H groups in total. The zero-order chi connectivity index (χ0) is 30.5. The SMILES string of the molecule is C=CC(CCCCC)OC1OC(COC2OC(COC3(O)OCC(O)C(O)C3O)C(O)C(O)C2O)C(O)C(O)C1O. The molecule has 16 heteroatoms. The van der Waals surface area contributed by atoms with E-state index in [4.69, 9.17) is 28.4 Å². The molecule has 0 aromatic carbocycles. The van der Waals surface area contributed by atoms with Gasteiger partial charge in [0.05, 0.1) is 25.9 Å². The summed E-state index contributed by atoms with van der Waals surface area (Å²) in [6, 6.07) is 0. The molecule has 0 spiro atoms. The molecular weight excluding hydrogens is 556 g/mol. The fraction of sp³-hybridized carbons (Fsp3) is 0.920. The minimum Gasteiger partial charge on any atom is -0.388 e. The van der Waals surface area contributed by atoms with Crippen molar-refractivity contribution in [2.24, 2.45) is 0 Å². The Kier molecular flexibility index (Phi) is 12.8. The van der Waals surface area contributed by atoms with Crippen molar-refractivity contribution in [3.8, 4) is 0 Å². The molecule has 0 saturated carbocycles. The predicted molar refractivity (Wildman–Crippen MR) is 133 cm³/mol. The van der Waals surface area contributed by atoms with Crippen LogP contribution in [0.3, 0.4) is 0 Å². The molecule has 0 bridgehead atoms. The number of aliphatic hydroxyl groups excluding tert-OH is 9. The van der Waals surface area contributed by atoms with E-state index in [0.29, 0.717) is 6.42 Å². The van der Waals surface area contributed by atoms with E-state index in [9.17, 15) is 51.1 Å². The second-order valence-electron chi connectivity index (χ2n) is 10.5. The Bertz CT molecular complexity index is 806. The van der Waals surface area contributed by atoms with Gasteiger partial charge in [-0.25, -0.2) is 0 Å². The lowest BCUT2D eigenvalue weighted by atomic mass is 9.98. The summed E-state index contributed by atoms with van der Waals surface area (Å²) in [7, 11) is 0. The molecule has 15 unspecified atom stereocenters. The van der Waals surface area contributed by atoms with Gasteiger partial charge in [0.15, 0.2) is 18.7 Å². The van der Waals surface area contributed by atoms with Crippen LogP contribution in [0.15, 0.2) is 12.7 Å². The highest BCUT2D eigenvalue weighted by Gasteiger charge is 2.52. The summed E-state index contributed by atoms with van der Waals surface area (Å²) in [5.41, 5.74) is 0. The van der Waals surface area contributed by atoms with Crippen LogP contribution >= 0.6 is 0 Å². The second kappa shape index (κ2) is 15.2. The van der Waals surface area contributed by atoms with Crippen LogP contribution in [0.4, 0.5) is 0 Å². The van der Waals surface area contributed by atoms with Gasteiger partial charge in [-0.2, -0.15) is 0 Å². The largest absolute Gasteiger partial charge is 0.388 e. The topological polar surface area (TPSA) is 258 Å². The van der Waals surface area contributed by atoms with Crippen molar-refractivity contribution in [3.63, 3.8) is 0 Å². The molecule has 0 amide bonds. The van der Waals surface area contributed by atoms with Crippen molar-refractivity contribution >= 4 is 0 Å². The Morgan fingerprint density at radius 1 is 0.805 bits per heavy atom. The summed E-state index contributed by atoms with van der Waals surface area (Å²) in [4.78, 5) is 0. The fourth-order valence-electron chi connectivity index (χ4n) is 4.70. The van der Waals surface area contributed by atoms with E-state index in [1.807, 2.05) is 6.92 Å². The van der Waals surface area contributed by atoms with Gasteiger partial charge in [0, 0.05) is 0 Å². The van der Waals surface area contributed by atoms with E-state index >= 15 is 0 Å². The van der Waals surface area contributed by atoms with Crippen molar-refractivity contribution < 1.29 is 79.5 Å². The molecule has 41 heavy (non-hydrogen) atoms. The third-order valence-electron chi connectivity index (χ3n) is 7.43. The van der Waals surface area contributed by atoms with Crippen LogP contribution in [-0.2, 0) is 28.4 Å². The van der Waals surface area contributed by atoms with E-state index in [2.05, 4.69) is 6.58 Å². The van der Waals surface area contributed by atoms with Gasteiger partial charge < -0.3 is 79.5 Å². The summed E-state index contributed by atoms with van der Waals surface area (Å²) in [5.74, 6) is -2.79. The van der Waals surface area contributed by atoms with Crippen LogP contribution in [0.2, 0.25) is 0 Å². The van der Waals surface area contributed by atoms with Gasteiger partial charge in [-0.1, -0.05) is 32.3 Å². The van der Waals surface area contributed by atoms with E-state index in [0.717, 1.165) is 19.3 Å². The predicted octanol–water partition coefficient (Wildman–Crippen LogP) is -4.45. The average molecular weight is 601 g/mol. The van der Waals surface area contributed by atoms with Crippen molar-refractivity contribution in [2.75, 3.05) is 19.8 Å². The molecule has 3 aliphatic rings. The molecule has 3 rings (SSSR count). The Morgan fingerprint density at radius 2 is 1.39 bits per heavy atom. The first kappa shape index (κ1) is 34.6. The normalized spacial score (nSPS) is 46.3. The van der Waals surface area contributed by atoms with Crippen LogP contribution in [0.5, 0.6) is 0 Å². The Morgan fingerprint density at radius 3 is 2.00 bits per heavy atom. The standard InChI is InChI=1S/C25H44O16/c1-3-5-6-7-11(4-2)39-24-21(33)19(31)16(28)13(41-24)9-36-23-20(32)18(30)17(29)14(40-23)10-38-25(35)22(34)15(27)12(26)8-37-25/h4,11-24,26-35H,2-3,5-10H2,1H3. The monoisotopic (exact) mass is 600 g/mol. The Hall–Kier alpha value is -0.900. The highest BCUT2D eigenvalue weighted by Crippen LogP contribution is 2.30. The lowest BCUT2D eigenvalue weighted by Gasteiger charge is -2.44. The number of rotatable bonds is 13. The van der Waals surface area contributed by atoms with Crippen molar-refractivity contribution in [3.05, 3.63) is 12.7 Å². The Labute approximate surface area is 236 Å². The maximum atomic E-state index is 10.4. The number of aliphatic hydroxyl groups is 10. The van der Waals surface area contributed by atoms with Gasteiger partial charge in [-0.3, -0.25) is 0 Å². The summed E-state index contributed by atoms with van der Waals surface area (Å²) in [5, 5.41) is 102. The zero-order valence-electron chi connectivity index (χ0n) is 22.7. The Balaban J connectivity index is 1.60. The number of unbranched alkanes of at least 4 members (excludes halogenated alkanes) is 2. The molecule has 3 aliphatic heterocycles. The van der Waals surface area contributed by atoms with E-state index < -0.39 is 112 Å². The molecule has 0 aromatic heterocycles. The maximum absolute atomic E-state index is 10.4. The summed E-state index contributed by atoms with van der Waals surface area (Å²) >= 11 is 0. The van der Waals surface area contributed by atoms with Crippen LogP contribution in [0.25, 0.3) is 0 Å². The van der Waals surface area contributed by atoms with Gasteiger partial charge in [-0.05, 0) is 6.42 Å². The van der Waals surface area contributed by atoms with Crippen molar-refractivity contribution in [1.29, 1.82) is 0 Å². The maximum Gasteiger partial charge on any atom is 0.311 e. The first-order chi connectivity index (χ1) is 19.3. The van der Waals surface area contributed by atoms with Crippen molar-refractivity contribution in [2.45, 2.75) is 124 Å². The van der Waals surface area contributed by atoms with E-state index in [-0.39, 0.29) is 0 Å². The highest BCUT2D eigenvalue weighted by molar-refractivity contribution is 4.93. The highest BCUT2D eigenvalue weighted by atomic mass is 16.8. The van der Waals surface area contributed by atoms with Crippen LogP contribution in [-0.4, -0.2) is 163 Å². The summed E-state index contributed by atoms with van der Waals surface area (Å²) in [6.07, 6.45) is -17.1. The molecule has 3 saturated heterocycles. The third-order valence-corrected chi connectivity index (χ3v) is 7.43. The van der Waals surface area contributed by atoms with Gasteiger partial charge >= 0.3 is 5.97 Å². The quantitative estimate of drug-likeness (QED) is 0.0543. The number of hydrogen-bond donors (Lipinski definition) is 10. The average Bonchev–Trinajstić information content (AvgIpc) is 2.96. The minimum absolute atomic E-state index is 0.503. The molecule has 0 aromatic rings. The van der Waals surface area contributed by atoms with Crippen LogP contribution < -0.4 is 0 Å². The minimum atomic E-state index is -2.79. The molecule has 15 atom stereocenters. The smallest absolute Gasteiger partial charge is 0.311 e. The van der Waals surface area contributed by atoms with E-state index in [1.54, 1.807) is 0 Å². The third kappa shape index (κ3) is 8.18. The number of ether oxygens (including phenoxy) is 6. The van der Waals surface area contributed by atoms with Crippen LogP contribution in [0, 0.1) is 0 Å². The lowest BCUT2D eigenvalue weighted by molar-refractivity contribution is -0.438. The fourth-order valence-corrected chi connectivity index (χ4v) is 4.70. The van der Waals surface area contributed by atoms with Crippen molar-refractivity contribution in [1.82, 2.24) is 0 Å². The first-order valence-electron chi connectivity index (χ1n) is 13.7. The lowest BCUT2D eigenvalue weighted by Crippen LogP contribution is -2.64. The van der Waals surface area contributed by atoms with Gasteiger partial charge in [0.1, 0.15) is 61.0 Å². The molecule has 0 aliphatic carbocycles. The second-order valence-corrected chi connectivity index (χ2v) is 10.5. The summed E-state index contributed by atoms with van der Waals surface area (Å²) < 4.78 is 32.4. The van der Waals surface area contributed by atoms with Crippen LogP contribution in [0.1, 0.15) is 32.6 Å². The molecule has 3 fully saturated rings. The van der Waals surface area contributed by atoms with Gasteiger partial charge in [-0.15, -0.1) is 6.58 Å². The van der Waals surface area contributed by atoms with Gasteiger partial charge in [0.2, 0.25) is 0 Å². The van der Waals surface area contributed by atoms with Gasteiger partial charge in [0.25, 0.3) is 0 Å². The first-order valence-corrected chi connectivity index (χ1v) is 13.7. The molecular formula is C25H44O16.